The second-order valence-electron chi connectivity index (χ2n) is 6.56. The molecule has 0 radical (unpaired) electrons. The van der Waals surface area contributed by atoms with Gasteiger partial charge in [-0.2, -0.15) is 5.10 Å². The van der Waals surface area contributed by atoms with E-state index in [-0.39, 0.29) is 6.54 Å². The molecule has 0 saturated heterocycles. The fraction of sp³-hybridized carbons (Fsp3) is 0.316. The minimum absolute atomic E-state index is 0.220. The minimum Gasteiger partial charge on any atom is -0.301 e. The predicted molar refractivity (Wildman–Crippen MR) is 96.0 cm³/mol. The molecule has 3 aromatic heterocycles. The van der Waals surface area contributed by atoms with Crippen LogP contribution in [0.3, 0.4) is 0 Å². The highest BCUT2D eigenvalue weighted by Crippen LogP contribution is 2.44. The number of rotatable bonds is 5. The summed E-state index contributed by atoms with van der Waals surface area (Å²) in [6, 6.07) is 2.01. The number of carbonyl (C=O) groups is 1. The standard InChI is InChI=1S/C19H19N5O/c1-11(2)17-15-8-16(14-9-20-12(3)21-10-14)22-18(13-4-5-13)19(15)24(23-17)6-7-25/h7-10,13H,1,4-6H2,2-3H3. The molecule has 1 aliphatic carbocycles. The van der Waals surface area contributed by atoms with E-state index in [2.05, 4.69) is 21.6 Å². The molecule has 4 rings (SSSR count). The Morgan fingerprint density at radius 3 is 2.68 bits per heavy atom. The van der Waals surface area contributed by atoms with E-state index in [0.29, 0.717) is 5.92 Å². The van der Waals surface area contributed by atoms with Crippen LogP contribution in [0.2, 0.25) is 0 Å². The number of aromatic nitrogens is 5. The van der Waals surface area contributed by atoms with Gasteiger partial charge in [0.1, 0.15) is 12.1 Å². The molecule has 0 atom stereocenters. The van der Waals surface area contributed by atoms with E-state index >= 15 is 0 Å². The van der Waals surface area contributed by atoms with Crippen molar-refractivity contribution in [2.75, 3.05) is 0 Å². The number of aryl methyl sites for hydroxylation is 1. The molecule has 0 spiro atoms. The molecule has 6 nitrogen and oxygen atoms in total. The van der Waals surface area contributed by atoms with E-state index in [0.717, 1.165) is 64.1 Å². The molecule has 0 aliphatic heterocycles. The quantitative estimate of drug-likeness (QED) is 0.670. The molecule has 126 valence electrons. The molecule has 1 saturated carbocycles. The average molecular weight is 333 g/mol. The zero-order valence-corrected chi connectivity index (χ0v) is 14.4. The van der Waals surface area contributed by atoms with Gasteiger partial charge in [-0.05, 0) is 38.3 Å². The molecule has 6 heteroatoms. The maximum absolute atomic E-state index is 11.1. The lowest BCUT2D eigenvalue weighted by Crippen LogP contribution is -2.04. The molecule has 3 heterocycles. The molecule has 1 aliphatic rings. The number of fused-ring (bicyclic) bond motifs is 1. The molecule has 1 fully saturated rings. The summed E-state index contributed by atoms with van der Waals surface area (Å²) in [5, 5.41) is 5.60. The van der Waals surface area contributed by atoms with Crippen molar-refractivity contribution in [3.8, 4) is 11.3 Å². The summed E-state index contributed by atoms with van der Waals surface area (Å²) in [7, 11) is 0. The van der Waals surface area contributed by atoms with Crippen LogP contribution in [0.15, 0.2) is 25.0 Å². The zero-order valence-electron chi connectivity index (χ0n) is 14.4. The Balaban J connectivity index is 2.00. The Kier molecular flexibility index (Phi) is 3.67. The van der Waals surface area contributed by atoms with E-state index in [9.17, 15) is 4.79 Å². The van der Waals surface area contributed by atoms with Gasteiger partial charge in [-0.25, -0.2) is 9.97 Å². The first-order valence-corrected chi connectivity index (χ1v) is 8.38. The van der Waals surface area contributed by atoms with Crippen LogP contribution in [0.4, 0.5) is 0 Å². The topological polar surface area (TPSA) is 73.6 Å². The second-order valence-corrected chi connectivity index (χ2v) is 6.56. The number of pyridine rings is 1. The van der Waals surface area contributed by atoms with Crippen molar-refractivity contribution >= 4 is 22.8 Å². The molecule has 25 heavy (non-hydrogen) atoms. The molecular weight excluding hydrogens is 314 g/mol. The maximum atomic E-state index is 11.1. The number of aldehydes is 1. The Hall–Kier alpha value is -2.89. The third kappa shape index (κ3) is 2.73. The fourth-order valence-electron chi connectivity index (χ4n) is 3.07. The van der Waals surface area contributed by atoms with Gasteiger partial charge < -0.3 is 4.79 Å². The molecule has 3 aromatic rings. The zero-order chi connectivity index (χ0) is 17.6. The van der Waals surface area contributed by atoms with Crippen LogP contribution in [-0.4, -0.2) is 31.0 Å². The van der Waals surface area contributed by atoms with Gasteiger partial charge in [0.2, 0.25) is 0 Å². The third-order valence-electron chi connectivity index (χ3n) is 4.45. The minimum atomic E-state index is 0.220. The van der Waals surface area contributed by atoms with Gasteiger partial charge in [0, 0.05) is 29.3 Å². The maximum Gasteiger partial charge on any atom is 0.141 e. The summed E-state index contributed by atoms with van der Waals surface area (Å²) in [4.78, 5) is 24.6. The van der Waals surface area contributed by atoms with Crippen molar-refractivity contribution in [2.45, 2.75) is 39.2 Å². The summed E-state index contributed by atoms with van der Waals surface area (Å²) in [5.41, 5.74) is 5.36. The van der Waals surface area contributed by atoms with Crippen molar-refractivity contribution in [1.82, 2.24) is 24.7 Å². The van der Waals surface area contributed by atoms with Gasteiger partial charge in [0.25, 0.3) is 0 Å². The fourth-order valence-corrected chi connectivity index (χ4v) is 3.07. The number of carbonyl (C=O) groups excluding carboxylic acids is 1. The number of nitrogens with zero attached hydrogens (tertiary/aromatic N) is 5. The average Bonchev–Trinajstić information content (AvgIpc) is 3.37. The van der Waals surface area contributed by atoms with E-state index in [1.54, 1.807) is 17.1 Å². The molecule has 0 aromatic carbocycles. The van der Waals surface area contributed by atoms with Gasteiger partial charge in [-0.3, -0.25) is 9.67 Å². The third-order valence-corrected chi connectivity index (χ3v) is 4.45. The van der Waals surface area contributed by atoms with Crippen molar-refractivity contribution in [3.63, 3.8) is 0 Å². The lowest BCUT2D eigenvalue weighted by Gasteiger charge is -2.08. The normalized spacial score (nSPS) is 14.0. The number of hydrogen-bond donors (Lipinski definition) is 0. The van der Waals surface area contributed by atoms with Gasteiger partial charge in [0.05, 0.1) is 29.1 Å². The SMILES string of the molecule is C=C(C)c1nn(CC=O)c2c(C3CC3)nc(-c3cnc(C)nc3)cc12. The largest absolute Gasteiger partial charge is 0.301 e. The van der Waals surface area contributed by atoms with Crippen LogP contribution in [0, 0.1) is 6.92 Å². The predicted octanol–water partition coefficient (Wildman–Crippen LogP) is 3.31. The Bertz CT molecular complexity index is 983. The second kappa shape index (κ2) is 5.88. The first kappa shape index (κ1) is 15.6. The van der Waals surface area contributed by atoms with E-state index < -0.39 is 0 Å². The smallest absolute Gasteiger partial charge is 0.141 e. The van der Waals surface area contributed by atoms with Crippen molar-refractivity contribution in [3.05, 3.63) is 42.3 Å². The van der Waals surface area contributed by atoms with Gasteiger partial charge in [-0.15, -0.1) is 0 Å². The van der Waals surface area contributed by atoms with E-state index in [1.807, 2.05) is 19.9 Å². The van der Waals surface area contributed by atoms with Crippen LogP contribution in [0.25, 0.3) is 27.7 Å². The number of hydrogen-bond acceptors (Lipinski definition) is 5. The summed E-state index contributed by atoms with van der Waals surface area (Å²) in [6.07, 6.45) is 6.69. The van der Waals surface area contributed by atoms with Crippen LogP contribution in [-0.2, 0) is 11.3 Å². The highest BCUT2D eigenvalue weighted by Gasteiger charge is 2.30. The molecular formula is C19H19N5O. The summed E-state index contributed by atoms with van der Waals surface area (Å²) in [5.74, 6) is 1.16. The first-order chi connectivity index (χ1) is 12.1. The molecule has 0 N–H and O–H groups in total. The lowest BCUT2D eigenvalue weighted by atomic mass is 10.1. The Labute approximate surface area is 145 Å². The van der Waals surface area contributed by atoms with Crippen LogP contribution in [0.5, 0.6) is 0 Å². The Morgan fingerprint density at radius 1 is 1.36 bits per heavy atom. The highest BCUT2D eigenvalue weighted by molar-refractivity contribution is 5.94. The molecule has 0 unspecified atom stereocenters. The summed E-state index contributed by atoms with van der Waals surface area (Å²) >= 11 is 0. The number of allylic oxidation sites excluding steroid dienone is 1. The van der Waals surface area contributed by atoms with E-state index in [4.69, 9.17) is 4.98 Å². The molecule has 0 bridgehead atoms. The Morgan fingerprint density at radius 2 is 2.08 bits per heavy atom. The highest BCUT2D eigenvalue weighted by atomic mass is 16.1. The van der Waals surface area contributed by atoms with Crippen molar-refractivity contribution in [2.24, 2.45) is 0 Å². The lowest BCUT2D eigenvalue weighted by molar-refractivity contribution is -0.108. The van der Waals surface area contributed by atoms with Crippen LogP contribution < -0.4 is 0 Å². The van der Waals surface area contributed by atoms with Gasteiger partial charge in [0.15, 0.2) is 0 Å². The monoisotopic (exact) mass is 333 g/mol. The van der Waals surface area contributed by atoms with Gasteiger partial charge >= 0.3 is 0 Å². The van der Waals surface area contributed by atoms with Crippen LogP contribution >= 0.6 is 0 Å². The van der Waals surface area contributed by atoms with Gasteiger partial charge in [-0.1, -0.05) is 6.58 Å². The summed E-state index contributed by atoms with van der Waals surface area (Å²) in [6.45, 7) is 8.05. The molecule has 0 amide bonds. The van der Waals surface area contributed by atoms with Crippen molar-refractivity contribution < 1.29 is 4.79 Å². The van der Waals surface area contributed by atoms with Crippen molar-refractivity contribution in [1.29, 1.82) is 0 Å². The first-order valence-electron chi connectivity index (χ1n) is 8.38. The van der Waals surface area contributed by atoms with E-state index in [1.165, 1.54) is 0 Å². The summed E-state index contributed by atoms with van der Waals surface area (Å²) < 4.78 is 1.75. The van der Waals surface area contributed by atoms with Crippen LogP contribution in [0.1, 0.15) is 42.9 Å².